The molecule has 2 aliphatic heterocycles. The summed E-state index contributed by atoms with van der Waals surface area (Å²) in [4.78, 5) is 38.2. The summed E-state index contributed by atoms with van der Waals surface area (Å²) < 4.78 is 5.22. The van der Waals surface area contributed by atoms with Crippen LogP contribution in [0.2, 0.25) is 0 Å². The summed E-state index contributed by atoms with van der Waals surface area (Å²) in [5.74, 6) is 0.0201. The molecule has 2 heterocycles. The van der Waals surface area contributed by atoms with Gasteiger partial charge in [-0.3, -0.25) is 19.7 Å². The van der Waals surface area contributed by atoms with E-state index in [0.29, 0.717) is 31.9 Å². The molecular weight excluding hydrogens is 334 g/mol. The van der Waals surface area contributed by atoms with Crippen molar-refractivity contribution in [2.45, 2.75) is 5.37 Å². The molecule has 2 amide bonds. The van der Waals surface area contributed by atoms with Crippen LogP contribution >= 0.6 is 11.8 Å². The molecule has 8 nitrogen and oxygen atoms in total. The molecule has 2 aliphatic rings. The highest BCUT2D eigenvalue weighted by molar-refractivity contribution is 8.00. The highest BCUT2D eigenvalue weighted by atomic mass is 32.2. The van der Waals surface area contributed by atoms with Crippen LogP contribution in [-0.4, -0.2) is 65.1 Å². The van der Waals surface area contributed by atoms with Crippen molar-refractivity contribution >= 4 is 29.3 Å². The van der Waals surface area contributed by atoms with Crippen molar-refractivity contribution in [2.24, 2.45) is 0 Å². The lowest BCUT2D eigenvalue weighted by Gasteiger charge is -2.30. The summed E-state index contributed by atoms with van der Waals surface area (Å²) in [6.45, 7) is 2.04. The molecular formula is C15H17N3O5S. The minimum atomic E-state index is -0.464. The number of carbonyl (C=O) groups is 2. The zero-order chi connectivity index (χ0) is 17.1. The minimum absolute atomic E-state index is 0.0147. The minimum Gasteiger partial charge on any atom is -0.378 e. The van der Waals surface area contributed by atoms with Crippen molar-refractivity contribution < 1.29 is 19.2 Å². The number of nitrogens with zero attached hydrogens (tertiary/aromatic N) is 3. The molecule has 1 aromatic rings. The molecule has 3 rings (SSSR count). The molecule has 0 bridgehead atoms. The van der Waals surface area contributed by atoms with Gasteiger partial charge in [-0.05, 0) is 5.56 Å². The molecule has 0 aliphatic carbocycles. The van der Waals surface area contributed by atoms with Gasteiger partial charge >= 0.3 is 0 Å². The van der Waals surface area contributed by atoms with Gasteiger partial charge in [-0.25, -0.2) is 0 Å². The number of non-ortho nitro benzene ring substituents is 1. The summed E-state index contributed by atoms with van der Waals surface area (Å²) in [5.41, 5.74) is 0.640. The zero-order valence-corrected chi connectivity index (χ0v) is 13.7. The first kappa shape index (κ1) is 16.7. The molecule has 0 saturated carbocycles. The third-order valence-corrected chi connectivity index (χ3v) is 5.26. The molecule has 1 atom stereocenters. The highest BCUT2D eigenvalue weighted by Crippen LogP contribution is 2.39. The summed E-state index contributed by atoms with van der Waals surface area (Å²) in [5, 5.41) is 10.6. The quantitative estimate of drug-likeness (QED) is 0.594. The number of amides is 2. The summed E-state index contributed by atoms with van der Waals surface area (Å²) >= 11 is 1.38. The van der Waals surface area contributed by atoms with Gasteiger partial charge in [0, 0.05) is 25.2 Å². The smallest absolute Gasteiger partial charge is 0.269 e. The number of carbonyl (C=O) groups excluding carboxylic acids is 2. The van der Waals surface area contributed by atoms with E-state index in [9.17, 15) is 19.7 Å². The Hall–Kier alpha value is -2.13. The van der Waals surface area contributed by atoms with Crippen LogP contribution in [0.25, 0.3) is 0 Å². The third-order valence-electron chi connectivity index (χ3n) is 4.00. The van der Waals surface area contributed by atoms with Crippen LogP contribution in [0.15, 0.2) is 24.3 Å². The SMILES string of the molecule is O=C(CN1C(=O)CSC1c1cccc([N+](=O)[O-])c1)N1CCOCC1. The van der Waals surface area contributed by atoms with Gasteiger partial charge in [-0.15, -0.1) is 11.8 Å². The van der Waals surface area contributed by atoms with E-state index >= 15 is 0 Å². The summed E-state index contributed by atoms with van der Waals surface area (Å²) in [6, 6.07) is 6.21. The van der Waals surface area contributed by atoms with Gasteiger partial charge in [-0.1, -0.05) is 12.1 Å². The Morgan fingerprint density at radius 2 is 2.12 bits per heavy atom. The van der Waals surface area contributed by atoms with Gasteiger partial charge in [0.1, 0.15) is 11.9 Å². The van der Waals surface area contributed by atoms with Crippen LogP contribution in [-0.2, 0) is 14.3 Å². The van der Waals surface area contributed by atoms with Gasteiger partial charge in [0.15, 0.2) is 0 Å². The van der Waals surface area contributed by atoms with Crippen LogP contribution in [0.1, 0.15) is 10.9 Å². The third kappa shape index (κ3) is 3.51. The van der Waals surface area contributed by atoms with E-state index in [1.165, 1.54) is 28.8 Å². The second kappa shape index (κ2) is 7.18. The number of ether oxygens (including phenoxy) is 1. The standard InChI is InChI=1S/C15H17N3O5S/c19-13(16-4-6-23-7-5-16)9-17-14(20)10-24-15(17)11-2-1-3-12(8-11)18(21)22/h1-3,8,15H,4-7,9-10H2. The van der Waals surface area contributed by atoms with E-state index in [4.69, 9.17) is 4.74 Å². The molecule has 0 aromatic heterocycles. The molecule has 1 unspecified atom stereocenters. The molecule has 2 saturated heterocycles. The first-order chi connectivity index (χ1) is 11.6. The molecule has 0 radical (unpaired) electrons. The summed E-state index contributed by atoms with van der Waals surface area (Å²) in [7, 11) is 0. The molecule has 0 N–H and O–H groups in total. The van der Waals surface area contributed by atoms with E-state index in [-0.39, 0.29) is 35.2 Å². The summed E-state index contributed by atoms with van der Waals surface area (Å²) in [6.07, 6.45) is 0. The normalized spacial score (nSPS) is 21.2. The lowest BCUT2D eigenvalue weighted by Crippen LogP contribution is -2.46. The average Bonchev–Trinajstić information content (AvgIpc) is 2.96. The molecule has 24 heavy (non-hydrogen) atoms. The Morgan fingerprint density at radius 3 is 2.83 bits per heavy atom. The number of hydrogen-bond acceptors (Lipinski definition) is 6. The number of thioether (sulfide) groups is 1. The van der Waals surface area contributed by atoms with Gasteiger partial charge in [-0.2, -0.15) is 0 Å². The maximum absolute atomic E-state index is 12.4. The highest BCUT2D eigenvalue weighted by Gasteiger charge is 2.35. The van der Waals surface area contributed by atoms with E-state index in [1.807, 2.05) is 0 Å². The van der Waals surface area contributed by atoms with Gasteiger partial charge in [0.05, 0.1) is 23.9 Å². The van der Waals surface area contributed by atoms with Gasteiger partial charge in [0.2, 0.25) is 11.8 Å². The maximum Gasteiger partial charge on any atom is 0.269 e. The lowest BCUT2D eigenvalue weighted by atomic mass is 10.2. The molecule has 1 aromatic carbocycles. The fraction of sp³-hybridized carbons (Fsp3) is 0.467. The van der Waals surface area contributed by atoms with Crippen LogP contribution in [0.3, 0.4) is 0 Å². The largest absolute Gasteiger partial charge is 0.378 e. The van der Waals surface area contributed by atoms with E-state index in [2.05, 4.69) is 0 Å². The molecule has 128 valence electrons. The first-order valence-corrected chi connectivity index (χ1v) is 8.62. The van der Waals surface area contributed by atoms with Crippen molar-refractivity contribution in [1.82, 2.24) is 9.80 Å². The Kier molecular flexibility index (Phi) is 5.00. The predicted molar refractivity (Wildman–Crippen MR) is 87.4 cm³/mol. The van der Waals surface area contributed by atoms with Crippen molar-refractivity contribution in [3.63, 3.8) is 0 Å². The number of benzene rings is 1. The van der Waals surface area contributed by atoms with Crippen molar-refractivity contribution in [2.75, 3.05) is 38.6 Å². The zero-order valence-electron chi connectivity index (χ0n) is 12.9. The fourth-order valence-corrected chi connectivity index (χ4v) is 3.93. The number of nitro groups is 1. The average molecular weight is 351 g/mol. The Bertz CT molecular complexity index is 662. The van der Waals surface area contributed by atoms with E-state index < -0.39 is 4.92 Å². The molecule has 2 fully saturated rings. The number of nitro benzene ring substituents is 1. The first-order valence-electron chi connectivity index (χ1n) is 7.57. The second-order valence-corrected chi connectivity index (χ2v) is 6.60. The lowest BCUT2D eigenvalue weighted by molar-refractivity contribution is -0.384. The van der Waals surface area contributed by atoms with Crippen molar-refractivity contribution in [3.8, 4) is 0 Å². The van der Waals surface area contributed by atoms with E-state index in [0.717, 1.165) is 0 Å². The van der Waals surface area contributed by atoms with E-state index in [1.54, 1.807) is 17.0 Å². The number of rotatable bonds is 4. The molecule has 0 spiro atoms. The predicted octanol–water partition coefficient (Wildman–Crippen LogP) is 1.03. The van der Waals surface area contributed by atoms with Gasteiger partial charge in [0.25, 0.3) is 5.69 Å². The van der Waals surface area contributed by atoms with Crippen molar-refractivity contribution in [1.29, 1.82) is 0 Å². The second-order valence-electron chi connectivity index (χ2n) is 5.53. The van der Waals surface area contributed by atoms with Crippen LogP contribution < -0.4 is 0 Å². The van der Waals surface area contributed by atoms with Crippen LogP contribution in [0.5, 0.6) is 0 Å². The Balaban J connectivity index is 1.75. The van der Waals surface area contributed by atoms with Crippen LogP contribution in [0.4, 0.5) is 5.69 Å². The van der Waals surface area contributed by atoms with Gasteiger partial charge < -0.3 is 14.5 Å². The molecule has 9 heteroatoms. The number of morpholine rings is 1. The topological polar surface area (TPSA) is 93.0 Å². The number of hydrogen-bond donors (Lipinski definition) is 0. The Labute approximate surface area is 142 Å². The van der Waals surface area contributed by atoms with Crippen LogP contribution in [0, 0.1) is 10.1 Å². The Morgan fingerprint density at radius 1 is 1.38 bits per heavy atom. The fourth-order valence-electron chi connectivity index (χ4n) is 2.75. The van der Waals surface area contributed by atoms with Crippen molar-refractivity contribution in [3.05, 3.63) is 39.9 Å². The monoisotopic (exact) mass is 351 g/mol. The maximum atomic E-state index is 12.4.